The summed E-state index contributed by atoms with van der Waals surface area (Å²) in [5, 5.41) is 6.17. The summed E-state index contributed by atoms with van der Waals surface area (Å²) in [5.41, 5.74) is 1.00. The van der Waals surface area contributed by atoms with Crippen molar-refractivity contribution in [1.29, 1.82) is 0 Å². The highest BCUT2D eigenvalue weighted by Crippen LogP contribution is 2.13. The van der Waals surface area contributed by atoms with E-state index in [2.05, 4.69) is 17.2 Å². The van der Waals surface area contributed by atoms with E-state index in [-0.39, 0.29) is 5.91 Å². The summed E-state index contributed by atoms with van der Waals surface area (Å²) in [6.45, 7) is 9.56. The van der Waals surface area contributed by atoms with Crippen molar-refractivity contribution in [2.75, 3.05) is 32.8 Å². The Morgan fingerprint density at radius 1 is 1.59 bits per heavy atom. The van der Waals surface area contributed by atoms with Gasteiger partial charge >= 0.3 is 0 Å². The molecule has 0 bridgehead atoms. The first-order valence-corrected chi connectivity index (χ1v) is 6.38. The van der Waals surface area contributed by atoms with Crippen molar-refractivity contribution in [1.82, 2.24) is 10.6 Å². The largest absolute Gasteiger partial charge is 0.375 e. The number of rotatable bonds is 8. The van der Waals surface area contributed by atoms with Gasteiger partial charge in [-0.3, -0.25) is 4.79 Å². The Kier molecular flexibility index (Phi) is 6.89. The van der Waals surface area contributed by atoms with Gasteiger partial charge in [0.1, 0.15) is 0 Å². The van der Waals surface area contributed by atoms with Crippen LogP contribution in [0, 0.1) is 5.92 Å². The first-order chi connectivity index (χ1) is 8.18. The number of hydrogen-bond donors (Lipinski definition) is 2. The fourth-order valence-corrected chi connectivity index (χ4v) is 1.89. The maximum absolute atomic E-state index is 11.5. The Balaban J connectivity index is 1.92. The fourth-order valence-electron chi connectivity index (χ4n) is 1.89. The lowest BCUT2D eigenvalue weighted by Gasteiger charge is -2.09. The molecule has 1 atom stereocenters. The molecule has 0 aromatic rings. The van der Waals surface area contributed by atoms with Crippen molar-refractivity contribution in [3.05, 3.63) is 12.2 Å². The van der Waals surface area contributed by atoms with E-state index in [1.54, 1.807) is 0 Å². The molecule has 1 aliphatic rings. The minimum atomic E-state index is 0.135. The molecule has 0 saturated carbocycles. The van der Waals surface area contributed by atoms with Crippen molar-refractivity contribution >= 4 is 5.91 Å². The minimum Gasteiger partial charge on any atom is -0.375 e. The van der Waals surface area contributed by atoms with Crippen LogP contribution < -0.4 is 10.6 Å². The third-order valence-electron chi connectivity index (χ3n) is 2.86. The molecule has 4 heteroatoms. The molecule has 1 aliphatic heterocycles. The minimum absolute atomic E-state index is 0.135. The molecule has 1 amide bonds. The molecule has 17 heavy (non-hydrogen) atoms. The van der Waals surface area contributed by atoms with Crippen LogP contribution in [0.25, 0.3) is 0 Å². The van der Waals surface area contributed by atoms with Crippen LogP contribution in [0.5, 0.6) is 0 Å². The van der Waals surface area contributed by atoms with E-state index in [4.69, 9.17) is 4.74 Å². The predicted molar refractivity (Wildman–Crippen MR) is 68.9 cm³/mol. The molecule has 1 rings (SSSR count). The van der Waals surface area contributed by atoms with Crippen LogP contribution in [0.4, 0.5) is 0 Å². The fraction of sp³-hybridized carbons (Fsp3) is 0.769. The zero-order valence-electron chi connectivity index (χ0n) is 10.8. The number of ether oxygens (including phenoxy) is 1. The third kappa shape index (κ3) is 7.13. The van der Waals surface area contributed by atoms with Crippen LogP contribution in [0.2, 0.25) is 0 Å². The highest BCUT2D eigenvalue weighted by Gasteiger charge is 2.15. The first kappa shape index (κ1) is 14.2. The Bertz CT molecular complexity index is 248. The summed E-state index contributed by atoms with van der Waals surface area (Å²) in [6, 6.07) is 0. The molecule has 0 aromatic carbocycles. The van der Waals surface area contributed by atoms with Crippen LogP contribution in [0.3, 0.4) is 0 Å². The smallest absolute Gasteiger partial charge is 0.220 e. The standard InChI is InChI=1S/C13H24N2O2/c1-11(2)10-17-8-7-15-13(16)4-3-12-5-6-14-9-12/h12,14H,1,3-10H2,2H3,(H,15,16). The number of nitrogens with one attached hydrogen (secondary N) is 2. The second kappa shape index (κ2) is 8.25. The average molecular weight is 240 g/mol. The van der Waals surface area contributed by atoms with Crippen molar-refractivity contribution in [2.24, 2.45) is 5.92 Å². The van der Waals surface area contributed by atoms with Gasteiger partial charge in [0.25, 0.3) is 0 Å². The molecule has 1 unspecified atom stereocenters. The number of carbonyl (C=O) groups is 1. The second-order valence-corrected chi connectivity index (χ2v) is 4.76. The highest BCUT2D eigenvalue weighted by molar-refractivity contribution is 5.75. The van der Waals surface area contributed by atoms with Crippen molar-refractivity contribution < 1.29 is 9.53 Å². The summed E-state index contributed by atoms with van der Waals surface area (Å²) in [6.07, 6.45) is 2.83. The summed E-state index contributed by atoms with van der Waals surface area (Å²) in [7, 11) is 0. The number of carbonyl (C=O) groups excluding carboxylic acids is 1. The van der Waals surface area contributed by atoms with E-state index in [0.29, 0.717) is 32.1 Å². The molecule has 1 heterocycles. The summed E-state index contributed by atoms with van der Waals surface area (Å²) < 4.78 is 5.30. The van der Waals surface area contributed by atoms with Gasteiger partial charge in [0.2, 0.25) is 5.91 Å². The van der Waals surface area contributed by atoms with Crippen LogP contribution in [0.1, 0.15) is 26.2 Å². The number of amides is 1. The quantitative estimate of drug-likeness (QED) is 0.493. The van der Waals surface area contributed by atoms with Crippen LogP contribution in [0.15, 0.2) is 12.2 Å². The topological polar surface area (TPSA) is 50.4 Å². The van der Waals surface area contributed by atoms with Gasteiger partial charge in [-0.15, -0.1) is 0 Å². The number of hydrogen-bond acceptors (Lipinski definition) is 3. The molecule has 0 radical (unpaired) electrons. The molecule has 0 spiro atoms. The van der Waals surface area contributed by atoms with E-state index in [9.17, 15) is 4.79 Å². The van der Waals surface area contributed by atoms with Crippen molar-refractivity contribution in [3.8, 4) is 0 Å². The molecule has 98 valence electrons. The Hall–Kier alpha value is -0.870. The van der Waals surface area contributed by atoms with E-state index in [1.807, 2.05) is 6.92 Å². The van der Waals surface area contributed by atoms with Crippen molar-refractivity contribution in [2.45, 2.75) is 26.2 Å². The highest BCUT2D eigenvalue weighted by atomic mass is 16.5. The Morgan fingerprint density at radius 2 is 2.41 bits per heavy atom. The zero-order valence-corrected chi connectivity index (χ0v) is 10.8. The molecule has 1 saturated heterocycles. The van der Waals surface area contributed by atoms with E-state index in [0.717, 1.165) is 25.1 Å². The lowest BCUT2D eigenvalue weighted by atomic mass is 10.0. The van der Waals surface area contributed by atoms with Crippen molar-refractivity contribution in [3.63, 3.8) is 0 Å². The predicted octanol–water partition coefficient (Wildman–Crippen LogP) is 1.08. The van der Waals surface area contributed by atoms with Gasteiger partial charge in [-0.2, -0.15) is 0 Å². The normalized spacial score (nSPS) is 19.2. The maximum atomic E-state index is 11.5. The first-order valence-electron chi connectivity index (χ1n) is 6.38. The molecule has 1 fully saturated rings. The monoisotopic (exact) mass is 240 g/mol. The van der Waals surface area contributed by atoms with Crippen LogP contribution in [-0.2, 0) is 9.53 Å². The SMILES string of the molecule is C=C(C)COCCNC(=O)CCC1CCNC1. The summed E-state index contributed by atoms with van der Waals surface area (Å²) in [4.78, 5) is 11.5. The lowest BCUT2D eigenvalue weighted by Crippen LogP contribution is -2.27. The molecule has 0 aromatic heterocycles. The van der Waals surface area contributed by atoms with Gasteiger partial charge in [0.15, 0.2) is 0 Å². The molecular formula is C13H24N2O2. The van der Waals surface area contributed by atoms with Gasteiger partial charge in [-0.25, -0.2) is 0 Å². The second-order valence-electron chi connectivity index (χ2n) is 4.76. The summed E-state index contributed by atoms with van der Waals surface area (Å²) in [5.74, 6) is 0.816. The lowest BCUT2D eigenvalue weighted by molar-refractivity contribution is -0.121. The van der Waals surface area contributed by atoms with Gasteiger partial charge in [-0.05, 0) is 38.8 Å². The van der Waals surface area contributed by atoms with Gasteiger partial charge in [0.05, 0.1) is 13.2 Å². The molecule has 0 aliphatic carbocycles. The summed E-state index contributed by atoms with van der Waals surface area (Å²) >= 11 is 0. The maximum Gasteiger partial charge on any atom is 0.220 e. The van der Waals surface area contributed by atoms with Crippen LogP contribution >= 0.6 is 0 Å². The third-order valence-corrected chi connectivity index (χ3v) is 2.86. The zero-order chi connectivity index (χ0) is 12.5. The van der Waals surface area contributed by atoms with E-state index >= 15 is 0 Å². The van der Waals surface area contributed by atoms with Gasteiger partial charge < -0.3 is 15.4 Å². The van der Waals surface area contributed by atoms with Gasteiger partial charge in [0, 0.05) is 13.0 Å². The molecule has 4 nitrogen and oxygen atoms in total. The van der Waals surface area contributed by atoms with E-state index < -0.39 is 0 Å². The average Bonchev–Trinajstić information content (AvgIpc) is 2.78. The molecule has 2 N–H and O–H groups in total. The van der Waals surface area contributed by atoms with E-state index in [1.165, 1.54) is 6.42 Å². The van der Waals surface area contributed by atoms with Gasteiger partial charge in [-0.1, -0.05) is 12.2 Å². The Morgan fingerprint density at radius 3 is 3.06 bits per heavy atom. The molecular weight excluding hydrogens is 216 g/mol. The Labute approximate surface area is 104 Å². The van der Waals surface area contributed by atoms with Crippen LogP contribution in [-0.4, -0.2) is 38.8 Å².